The van der Waals surface area contributed by atoms with Gasteiger partial charge in [-0.15, -0.1) is 0 Å². The summed E-state index contributed by atoms with van der Waals surface area (Å²) in [5.74, 6) is 0.749. The second-order valence-electron chi connectivity index (χ2n) is 5.86. The van der Waals surface area contributed by atoms with Crippen LogP contribution in [0.1, 0.15) is 20.7 Å². The number of ether oxygens (including phenoxy) is 2. The van der Waals surface area contributed by atoms with E-state index in [1.54, 1.807) is 52.5 Å². The van der Waals surface area contributed by atoms with Crippen LogP contribution in [0.25, 0.3) is 0 Å². The molecule has 1 saturated heterocycles. The maximum absolute atomic E-state index is 13.0. The van der Waals surface area contributed by atoms with Crippen molar-refractivity contribution in [3.8, 4) is 11.5 Å². The monoisotopic (exact) mass is 355 g/mol. The number of carbonyl (C=O) groups excluding carboxylic acids is 2. The van der Waals surface area contributed by atoms with Crippen molar-refractivity contribution in [2.75, 3.05) is 40.4 Å². The van der Waals surface area contributed by atoms with Crippen molar-refractivity contribution in [3.05, 3.63) is 53.9 Å². The molecule has 0 N–H and O–H groups in total. The van der Waals surface area contributed by atoms with Gasteiger partial charge in [-0.25, -0.2) is 0 Å². The molecule has 0 unspecified atom stereocenters. The summed E-state index contributed by atoms with van der Waals surface area (Å²) in [6.07, 6.45) is 3.20. The molecule has 7 nitrogen and oxygen atoms in total. The number of piperazine rings is 1. The number of hydrogen-bond acceptors (Lipinski definition) is 5. The molecule has 7 heteroatoms. The Morgan fingerprint density at radius 3 is 1.85 bits per heavy atom. The van der Waals surface area contributed by atoms with Gasteiger partial charge in [0.2, 0.25) is 0 Å². The Hall–Kier alpha value is -3.09. The van der Waals surface area contributed by atoms with Gasteiger partial charge in [-0.2, -0.15) is 0 Å². The highest BCUT2D eigenvalue weighted by atomic mass is 16.5. The molecule has 1 aliphatic rings. The van der Waals surface area contributed by atoms with Crippen LogP contribution in [0.4, 0.5) is 0 Å². The van der Waals surface area contributed by atoms with Crippen molar-refractivity contribution < 1.29 is 19.1 Å². The Balaban J connectivity index is 1.71. The minimum Gasteiger partial charge on any atom is -0.496 e. The average Bonchev–Trinajstić information content (AvgIpc) is 2.72. The average molecular weight is 355 g/mol. The predicted octanol–water partition coefficient (Wildman–Crippen LogP) is 1.70. The smallest absolute Gasteiger partial charge is 0.261 e. The van der Waals surface area contributed by atoms with Crippen molar-refractivity contribution in [3.63, 3.8) is 0 Å². The van der Waals surface area contributed by atoms with E-state index in [1.165, 1.54) is 14.2 Å². The van der Waals surface area contributed by atoms with Crippen LogP contribution < -0.4 is 9.47 Å². The van der Waals surface area contributed by atoms with E-state index < -0.39 is 0 Å². The molecule has 2 aromatic rings. The van der Waals surface area contributed by atoms with E-state index in [2.05, 4.69) is 4.98 Å². The quantitative estimate of drug-likeness (QED) is 0.835. The summed E-state index contributed by atoms with van der Waals surface area (Å²) in [4.78, 5) is 32.9. The summed E-state index contributed by atoms with van der Waals surface area (Å²) >= 11 is 0. The number of amides is 2. The van der Waals surface area contributed by atoms with Gasteiger partial charge in [0.1, 0.15) is 17.1 Å². The largest absolute Gasteiger partial charge is 0.496 e. The maximum atomic E-state index is 13.0. The second-order valence-corrected chi connectivity index (χ2v) is 5.86. The Labute approximate surface area is 152 Å². The van der Waals surface area contributed by atoms with E-state index >= 15 is 0 Å². The van der Waals surface area contributed by atoms with Crippen LogP contribution >= 0.6 is 0 Å². The minimum absolute atomic E-state index is 0.0469. The third-order valence-electron chi connectivity index (χ3n) is 4.42. The van der Waals surface area contributed by atoms with Crippen LogP contribution in [0.2, 0.25) is 0 Å². The Morgan fingerprint density at radius 2 is 1.35 bits per heavy atom. The van der Waals surface area contributed by atoms with Crippen LogP contribution in [0.3, 0.4) is 0 Å². The first-order valence-electron chi connectivity index (χ1n) is 8.35. The maximum Gasteiger partial charge on any atom is 0.261 e. The van der Waals surface area contributed by atoms with Gasteiger partial charge in [-0.1, -0.05) is 6.07 Å². The SMILES string of the molecule is COc1cccc(OC)c1C(=O)N1CCN(C(=O)c2ccncc2)CC1. The fraction of sp³-hybridized carbons (Fsp3) is 0.316. The van der Waals surface area contributed by atoms with E-state index in [9.17, 15) is 9.59 Å². The van der Waals surface area contributed by atoms with Crippen molar-refractivity contribution in [1.29, 1.82) is 0 Å². The number of carbonyl (C=O) groups is 2. The van der Waals surface area contributed by atoms with Gasteiger partial charge in [0, 0.05) is 44.1 Å². The first-order valence-corrected chi connectivity index (χ1v) is 8.35. The lowest BCUT2D eigenvalue weighted by atomic mass is 10.1. The standard InChI is InChI=1S/C19H21N3O4/c1-25-15-4-3-5-16(26-2)17(15)19(24)22-12-10-21(11-13-22)18(23)14-6-8-20-9-7-14/h3-9H,10-13H2,1-2H3. The zero-order chi connectivity index (χ0) is 18.5. The van der Waals surface area contributed by atoms with Crippen molar-refractivity contribution in [1.82, 2.24) is 14.8 Å². The van der Waals surface area contributed by atoms with Gasteiger partial charge in [0.15, 0.2) is 0 Å². The van der Waals surface area contributed by atoms with Crippen LogP contribution in [-0.2, 0) is 0 Å². The van der Waals surface area contributed by atoms with E-state index in [-0.39, 0.29) is 11.8 Å². The lowest BCUT2D eigenvalue weighted by Gasteiger charge is -2.35. The van der Waals surface area contributed by atoms with E-state index in [1.807, 2.05) is 0 Å². The molecule has 0 spiro atoms. The molecule has 1 aromatic carbocycles. The number of pyridine rings is 1. The number of aromatic nitrogens is 1. The van der Waals surface area contributed by atoms with Crippen molar-refractivity contribution in [2.24, 2.45) is 0 Å². The van der Waals surface area contributed by atoms with Gasteiger partial charge < -0.3 is 19.3 Å². The van der Waals surface area contributed by atoms with Gasteiger partial charge in [0.05, 0.1) is 14.2 Å². The van der Waals surface area contributed by atoms with Crippen LogP contribution in [0.15, 0.2) is 42.7 Å². The minimum atomic E-state index is -0.157. The zero-order valence-corrected chi connectivity index (χ0v) is 14.8. The number of nitrogens with zero attached hydrogens (tertiary/aromatic N) is 3. The molecule has 2 amide bonds. The highest BCUT2D eigenvalue weighted by Crippen LogP contribution is 2.29. The zero-order valence-electron chi connectivity index (χ0n) is 14.8. The number of benzene rings is 1. The summed E-state index contributed by atoms with van der Waals surface area (Å²) in [5.41, 5.74) is 1.01. The van der Waals surface area contributed by atoms with Crippen molar-refractivity contribution >= 4 is 11.8 Å². The molecular weight excluding hydrogens is 334 g/mol. The molecular formula is C19H21N3O4. The summed E-state index contributed by atoms with van der Waals surface area (Å²) in [6.45, 7) is 1.86. The van der Waals surface area contributed by atoms with E-state index in [0.717, 1.165) is 0 Å². The first-order chi connectivity index (χ1) is 12.7. The Kier molecular flexibility index (Phi) is 5.36. The van der Waals surface area contributed by atoms with Crippen LogP contribution in [0, 0.1) is 0 Å². The normalized spacial score (nSPS) is 14.1. The highest BCUT2D eigenvalue weighted by molar-refractivity contribution is 6.00. The summed E-state index contributed by atoms with van der Waals surface area (Å²) < 4.78 is 10.6. The molecule has 0 radical (unpaired) electrons. The van der Waals surface area contributed by atoms with Crippen molar-refractivity contribution in [2.45, 2.75) is 0 Å². The second kappa shape index (κ2) is 7.86. The topological polar surface area (TPSA) is 72.0 Å². The number of hydrogen-bond donors (Lipinski definition) is 0. The van der Waals surface area contributed by atoms with Gasteiger partial charge in [-0.05, 0) is 24.3 Å². The predicted molar refractivity (Wildman–Crippen MR) is 95.6 cm³/mol. The molecule has 1 aromatic heterocycles. The van der Waals surface area contributed by atoms with Gasteiger partial charge >= 0.3 is 0 Å². The van der Waals surface area contributed by atoms with E-state index in [4.69, 9.17) is 9.47 Å². The fourth-order valence-electron chi connectivity index (χ4n) is 3.01. The molecule has 3 rings (SSSR count). The van der Waals surface area contributed by atoms with Crippen LogP contribution in [0.5, 0.6) is 11.5 Å². The lowest BCUT2D eigenvalue weighted by molar-refractivity contribution is 0.0531. The number of rotatable bonds is 4. The summed E-state index contributed by atoms with van der Waals surface area (Å²) in [7, 11) is 3.05. The van der Waals surface area contributed by atoms with Gasteiger partial charge in [0.25, 0.3) is 11.8 Å². The molecule has 2 heterocycles. The van der Waals surface area contributed by atoms with Gasteiger partial charge in [-0.3, -0.25) is 14.6 Å². The highest BCUT2D eigenvalue weighted by Gasteiger charge is 2.28. The molecule has 136 valence electrons. The molecule has 26 heavy (non-hydrogen) atoms. The number of methoxy groups -OCH3 is 2. The molecule has 0 aliphatic carbocycles. The fourth-order valence-corrected chi connectivity index (χ4v) is 3.01. The summed E-state index contributed by atoms with van der Waals surface area (Å²) in [6, 6.07) is 8.64. The third kappa shape index (κ3) is 3.46. The van der Waals surface area contributed by atoms with E-state index in [0.29, 0.717) is 48.8 Å². The molecule has 0 saturated carbocycles. The molecule has 0 bridgehead atoms. The molecule has 1 aliphatic heterocycles. The lowest BCUT2D eigenvalue weighted by Crippen LogP contribution is -2.50. The molecule has 0 atom stereocenters. The first kappa shape index (κ1) is 17.7. The Morgan fingerprint density at radius 1 is 0.846 bits per heavy atom. The summed E-state index contributed by atoms with van der Waals surface area (Å²) in [5, 5.41) is 0. The third-order valence-corrected chi connectivity index (χ3v) is 4.42. The Bertz CT molecular complexity index is 764. The van der Waals surface area contributed by atoms with Crippen LogP contribution in [-0.4, -0.2) is 67.0 Å². The molecule has 1 fully saturated rings.